The minimum Gasteiger partial charge on any atom is -0.387 e. The van der Waals surface area contributed by atoms with E-state index in [-0.39, 0.29) is 0 Å². The quantitative estimate of drug-likeness (QED) is 0.454. The molecule has 4 rings (SSSR count). The molecule has 2 aliphatic rings. The summed E-state index contributed by atoms with van der Waals surface area (Å²) >= 11 is 0. The smallest absolute Gasteiger partial charge is 0.387 e. The number of nitrogens with one attached hydrogen (secondary N) is 1. The molecule has 1 saturated carbocycles. The number of anilines is 1. The number of nitrogens with zero attached hydrogens (tertiary/aromatic N) is 4. The number of aliphatic hydroxyl groups excluding tert-OH is 2. The van der Waals surface area contributed by atoms with Gasteiger partial charge >= 0.3 is 10.4 Å². The Morgan fingerprint density at radius 1 is 1.21 bits per heavy atom. The molecule has 0 radical (unpaired) electrons. The van der Waals surface area contributed by atoms with Gasteiger partial charge in [-0.05, 0) is 12.8 Å². The zero-order valence-electron chi connectivity index (χ0n) is 14.7. The summed E-state index contributed by atoms with van der Waals surface area (Å²) in [5.74, 6) is 0.579. The SMILES string of the molecule is O=S(=O)(O)OC[C@H]1O[C@@H](n2cnc3c(NC4CCCC4)ncnc32)[C@H](O)[C@@H]1O. The van der Waals surface area contributed by atoms with Gasteiger partial charge in [-0.3, -0.25) is 9.12 Å². The lowest BCUT2D eigenvalue weighted by Crippen LogP contribution is -2.34. The van der Waals surface area contributed by atoms with Crippen LogP contribution in [0.1, 0.15) is 31.9 Å². The second-order valence-corrected chi connectivity index (χ2v) is 8.02. The maximum atomic E-state index is 10.7. The summed E-state index contributed by atoms with van der Waals surface area (Å²) in [6.07, 6.45) is 2.16. The molecule has 1 saturated heterocycles. The molecule has 4 N–H and O–H groups in total. The summed E-state index contributed by atoms with van der Waals surface area (Å²) in [6.45, 7) is -0.649. The minimum absolute atomic E-state index is 0.320. The lowest BCUT2D eigenvalue weighted by Gasteiger charge is -2.17. The van der Waals surface area contributed by atoms with Crippen molar-refractivity contribution >= 4 is 27.4 Å². The third-order valence-corrected chi connectivity index (χ3v) is 5.48. The maximum Gasteiger partial charge on any atom is 0.397 e. The summed E-state index contributed by atoms with van der Waals surface area (Å²) in [7, 11) is -4.70. The molecule has 2 aromatic heterocycles. The fourth-order valence-corrected chi connectivity index (χ4v) is 3.96. The predicted octanol–water partition coefficient (Wildman–Crippen LogP) is -0.381. The van der Waals surface area contributed by atoms with Gasteiger partial charge in [-0.15, -0.1) is 0 Å². The summed E-state index contributed by atoms with van der Waals surface area (Å²) in [4.78, 5) is 12.8. The Hall–Kier alpha value is -1.90. The van der Waals surface area contributed by atoms with Gasteiger partial charge in [0.05, 0.1) is 12.9 Å². The van der Waals surface area contributed by atoms with Crippen molar-refractivity contribution in [2.45, 2.75) is 56.3 Å². The Morgan fingerprint density at radius 3 is 2.68 bits per heavy atom. The number of aliphatic hydroxyl groups is 2. The largest absolute Gasteiger partial charge is 0.397 e. The van der Waals surface area contributed by atoms with E-state index in [2.05, 4.69) is 24.5 Å². The number of hydrogen-bond acceptors (Lipinski definition) is 10. The van der Waals surface area contributed by atoms with Crippen molar-refractivity contribution in [3.63, 3.8) is 0 Å². The van der Waals surface area contributed by atoms with Crippen molar-refractivity contribution in [1.82, 2.24) is 19.5 Å². The molecule has 0 aromatic carbocycles. The van der Waals surface area contributed by atoms with Gasteiger partial charge < -0.3 is 20.3 Å². The van der Waals surface area contributed by atoms with E-state index in [9.17, 15) is 18.6 Å². The molecular formula is C15H21N5O7S. The van der Waals surface area contributed by atoms with E-state index >= 15 is 0 Å². The first kappa shape index (κ1) is 19.4. The Labute approximate surface area is 160 Å². The van der Waals surface area contributed by atoms with Crippen molar-refractivity contribution in [2.24, 2.45) is 0 Å². The molecule has 4 atom stereocenters. The first-order valence-electron chi connectivity index (χ1n) is 8.91. The molecule has 13 heteroatoms. The van der Waals surface area contributed by atoms with Crippen molar-refractivity contribution in [3.05, 3.63) is 12.7 Å². The fraction of sp³-hybridized carbons (Fsp3) is 0.667. The Bertz CT molecular complexity index is 945. The van der Waals surface area contributed by atoms with Crippen LogP contribution in [-0.2, 0) is 19.3 Å². The van der Waals surface area contributed by atoms with E-state index < -0.39 is 41.5 Å². The third-order valence-electron chi connectivity index (χ3n) is 5.05. The van der Waals surface area contributed by atoms with Gasteiger partial charge in [-0.1, -0.05) is 12.8 Å². The molecule has 2 fully saturated rings. The first-order chi connectivity index (χ1) is 13.3. The molecule has 0 spiro atoms. The van der Waals surface area contributed by atoms with Crippen molar-refractivity contribution < 1.29 is 32.1 Å². The van der Waals surface area contributed by atoms with Gasteiger partial charge in [0.25, 0.3) is 0 Å². The number of imidazole rings is 1. The van der Waals surface area contributed by atoms with E-state index in [4.69, 9.17) is 9.29 Å². The Morgan fingerprint density at radius 2 is 1.96 bits per heavy atom. The zero-order valence-corrected chi connectivity index (χ0v) is 15.6. The van der Waals surface area contributed by atoms with Crippen LogP contribution in [0.25, 0.3) is 11.2 Å². The predicted molar refractivity (Wildman–Crippen MR) is 94.6 cm³/mol. The molecule has 2 aromatic rings. The average Bonchev–Trinajstić information content (AvgIpc) is 3.35. The molecule has 0 bridgehead atoms. The van der Waals surface area contributed by atoms with Gasteiger partial charge in [0.2, 0.25) is 0 Å². The summed E-state index contributed by atoms with van der Waals surface area (Å²) in [5.41, 5.74) is 0.889. The van der Waals surface area contributed by atoms with Gasteiger partial charge in [0, 0.05) is 6.04 Å². The highest BCUT2D eigenvalue weighted by Crippen LogP contribution is 2.33. The Balaban J connectivity index is 1.57. The van der Waals surface area contributed by atoms with Crippen molar-refractivity contribution in [2.75, 3.05) is 11.9 Å². The third kappa shape index (κ3) is 3.81. The molecule has 1 aliphatic heterocycles. The Kier molecular flexibility index (Phi) is 5.20. The molecule has 0 amide bonds. The lowest BCUT2D eigenvalue weighted by atomic mass is 10.1. The van der Waals surface area contributed by atoms with Crippen LogP contribution in [0.5, 0.6) is 0 Å². The molecule has 3 heterocycles. The monoisotopic (exact) mass is 415 g/mol. The maximum absolute atomic E-state index is 10.7. The highest BCUT2D eigenvalue weighted by atomic mass is 32.3. The summed E-state index contributed by atoms with van der Waals surface area (Å²) in [6, 6.07) is 0.320. The zero-order chi connectivity index (χ0) is 19.9. The van der Waals surface area contributed by atoms with E-state index in [1.54, 1.807) is 0 Å². The fourth-order valence-electron chi connectivity index (χ4n) is 3.66. The highest BCUT2D eigenvalue weighted by molar-refractivity contribution is 7.80. The van der Waals surface area contributed by atoms with Crippen LogP contribution in [0.2, 0.25) is 0 Å². The second-order valence-electron chi connectivity index (χ2n) is 6.93. The minimum atomic E-state index is -4.70. The van der Waals surface area contributed by atoms with Gasteiger partial charge in [0.1, 0.15) is 24.6 Å². The van der Waals surface area contributed by atoms with Crippen LogP contribution in [0.4, 0.5) is 5.82 Å². The molecule has 28 heavy (non-hydrogen) atoms. The number of rotatable bonds is 6. The van der Waals surface area contributed by atoms with Crippen molar-refractivity contribution in [3.8, 4) is 0 Å². The number of hydrogen-bond donors (Lipinski definition) is 4. The summed E-state index contributed by atoms with van der Waals surface area (Å²) < 4.78 is 41.4. The van der Waals surface area contributed by atoms with Crippen LogP contribution in [0, 0.1) is 0 Å². The van der Waals surface area contributed by atoms with Crippen LogP contribution >= 0.6 is 0 Å². The molecule has 154 valence electrons. The number of fused-ring (bicyclic) bond motifs is 1. The molecule has 0 unspecified atom stereocenters. The van der Waals surface area contributed by atoms with Crippen LogP contribution in [0.15, 0.2) is 12.7 Å². The molecular weight excluding hydrogens is 394 g/mol. The van der Waals surface area contributed by atoms with Crippen LogP contribution in [-0.4, -0.2) is 73.7 Å². The number of aromatic nitrogens is 4. The van der Waals surface area contributed by atoms with Crippen LogP contribution in [0.3, 0.4) is 0 Å². The van der Waals surface area contributed by atoms with Gasteiger partial charge in [0.15, 0.2) is 23.2 Å². The standard InChI is InChI=1S/C15H21N5O7S/c21-11-9(5-26-28(23,24)25)27-15(12(11)22)20-7-18-10-13(16-6-17-14(10)20)19-8-3-1-2-4-8/h6-9,11-12,15,21-22H,1-5H2,(H,16,17,19)(H,23,24,25)/t9-,11-,12-,15-/m1/s1. The normalized spacial score (nSPS) is 29.0. The average molecular weight is 415 g/mol. The lowest BCUT2D eigenvalue weighted by molar-refractivity contribution is -0.0478. The van der Waals surface area contributed by atoms with E-state index in [1.807, 2.05) is 0 Å². The highest BCUT2D eigenvalue weighted by Gasteiger charge is 2.45. The topological polar surface area (TPSA) is 169 Å². The van der Waals surface area contributed by atoms with Gasteiger partial charge in [-0.2, -0.15) is 8.42 Å². The van der Waals surface area contributed by atoms with Crippen LogP contribution < -0.4 is 5.32 Å². The van der Waals surface area contributed by atoms with E-state index in [0.29, 0.717) is 23.0 Å². The second kappa shape index (κ2) is 7.50. The number of ether oxygens (including phenoxy) is 1. The van der Waals surface area contributed by atoms with E-state index in [0.717, 1.165) is 25.7 Å². The van der Waals surface area contributed by atoms with Gasteiger partial charge in [-0.25, -0.2) is 19.1 Å². The van der Waals surface area contributed by atoms with Crippen molar-refractivity contribution in [1.29, 1.82) is 0 Å². The van der Waals surface area contributed by atoms with E-state index in [1.165, 1.54) is 17.2 Å². The molecule has 1 aliphatic carbocycles. The first-order valence-corrected chi connectivity index (χ1v) is 10.3. The summed E-state index contributed by atoms with van der Waals surface area (Å²) in [5, 5.41) is 23.8. The molecule has 12 nitrogen and oxygen atoms in total.